The quantitative estimate of drug-likeness (QED) is 0.186. The molecule has 6 aliphatic rings. The molecule has 0 aromatic heterocycles. The summed E-state index contributed by atoms with van der Waals surface area (Å²) >= 11 is 0. The predicted molar refractivity (Wildman–Crippen MR) is 135 cm³/mol. The first kappa shape index (κ1) is 27.8. The molecule has 0 radical (unpaired) electrons. The summed E-state index contributed by atoms with van der Waals surface area (Å²) in [5, 5.41) is 52.5. The number of aldehydes is 1. The highest BCUT2D eigenvalue weighted by atomic mass is 16.7. The van der Waals surface area contributed by atoms with Gasteiger partial charge in [0.25, 0.3) is 0 Å². The molecular formula is C29H42O10. The molecule has 13 atom stereocenters. The molecule has 4 saturated carbocycles. The van der Waals surface area contributed by atoms with Crippen LogP contribution in [0.2, 0.25) is 0 Å². The number of hydrogen-bond donors (Lipinski definition) is 5. The van der Waals surface area contributed by atoms with Gasteiger partial charge in [-0.05, 0) is 87.0 Å². The van der Waals surface area contributed by atoms with Crippen molar-refractivity contribution in [3.8, 4) is 0 Å². The number of ether oxygens (including phenoxy) is 3. The second kappa shape index (κ2) is 9.86. The summed E-state index contributed by atoms with van der Waals surface area (Å²) < 4.78 is 16.9. The lowest BCUT2D eigenvalue weighted by atomic mass is 9.43. The Kier molecular flexibility index (Phi) is 7.01. The van der Waals surface area contributed by atoms with E-state index in [1.54, 1.807) is 6.08 Å². The molecule has 4 aliphatic carbocycles. The highest BCUT2D eigenvalue weighted by Gasteiger charge is 2.68. The molecule has 5 fully saturated rings. The monoisotopic (exact) mass is 550 g/mol. The fourth-order valence-electron chi connectivity index (χ4n) is 9.79. The second-order valence-electron chi connectivity index (χ2n) is 13.2. The molecule has 0 aromatic rings. The van der Waals surface area contributed by atoms with Crippen LogP contribution in [0.4, 0.5) is 0 Å². The molecule has 5 N–H and O–H groups in total. The number of aliphatic hydroxyl groups is 5. The lowest BCUT2D eigenvalue weighted by molar-refractivity contribution is -0.316. The summed E-state index contributed by atoms with van der Waals surface area (Å²) in [6.07, 6.45) is 2.30. The zero-order valence-electron chi connectivity index (χ0n) is 22.5. The van der Waals surface area contributed by atoms with E-state index in [0.717, 1.165) is 44.0 Å². The fourth-order valence-corrected chi connectivity index (χ4v) is 9.79. The lowest BCUT2D eigenvalue weighted by Crippen LogP contribution is -2.63. The topological polar surface area (TPSA) is 163 Å². The molecule has 218 valence electrons. The van der Waals surface area contributed by atoms with Gasteiger partial charge in [-0.2, -0.15) is 0 Å². The molecule has 0 aromatic carbocycles. The van der Waals surface area contributed by atoms with E-state index in [1.807, 2.05) is 0 Å². The van der Waals surface area contributed by atoms with Gasteiger partial charge in [0, 0.05) is 16.9 Å². The summed E-state index contributed by atoms with van der Waals surface area (Å²) in [4.78, 5) is 24.7. The van der Waals surface area contributed by atoms with Crippen LogP contribution in [0, 0.1) is 34.5 Å². The Morgan fingerprint density at radius 1 is 1.03 bits per heavy atom. The van der Waals surface area contributed by atoms with Crippen molar-refractivity contribution in [2.75, 3.05) is 13.2 Å². The molecule has 0 bridgehead atoms. The predicted octanol–water partition coefficient (Wildman–Crippen LogP) is 0.608. The number of esters is 1. The van der Waals surface area contributed by atoms with E-state index < -0.39 is 48.3 Å². The van der Waals surface area contributed by atoms with Crippen molar-refractivity contribution in [1.82, 2.24) is 0 Å². The third-order valence-corrected chi connectivity index (χ3v) is 11.9. The summed E-state index contributed by atoms with van der Waals surface area (Å²) in [6, 6.07) is 0. The van der Waals surface area contributed by atoms with Crippen LogP contribution in [-0.2, 0) is 23.8 Å². The largest absolute Gasteiger partial charge is 0.458 e. The maximum absolute atomic E-state index is 12.9. The molecule has 1 saturated heterocycles. The number of cyclic esters (lactones) is 1. The van der Waals surface area contributed by atoms with Gasteiger partial charge < -0.3 is 44.5 Å². The third-order valence-electron chi connectivity index (χ3n) is 11.9. The Morgan fingerprint density at radius 3 is 2.51 bits per heavy atom. The number of fused-ring (bicyclic) bond motifs is 5. The van der Waals surface area contributed by atoms with Crippen molar-refractivity contribution < 1.29 is 49.3 Å². The molecule has 13 unspecified atom stereocenters. The summed E-state index contributed by atoms with van der Waals surface area (Å²) in [5.74, 6) is -0.0737. The molecule has 10 heteroatoms. The first-order valence-electron chi connectivity index (χ1n) is 14.6. The van der Waals surface area contributed by atoms with Gasteiger partial charge in [-0.3, -0.25) is 0 Å². The van der Waals surface area contributed by atoms with Crippen LogP contribution in [0.5, 0.6) is 0 Å². The summed E-state index contributed by atoms with van der Waals surface area (Å²) in [7, 11) is 0. The summed E-state index contributed by atoms with van der Waals surface area (Å²) in [5.41, 5.74) is -0.841. The van der Waals surface area contributed by atoms with Crippen molar-refractivity contribution in [1.29, 1.82) is 0 Å². The molecule has 0 amide bonds. The van der Waals surface area contributed by atoms with Gasteiger partial charge >= 0.3 is 5.97 Å². The maximum atomic E-state index is 12.9. The van der Waals surface area contributed by atoms with Gasteiger partial charge in [0.2, 0.25) is 0 Å². The van der Waals surface area contributed by atoms with Crippen LogP contribution in [-0.4, -0.2) is 93.4 Å². The van der Waals surface area contributed by atoms with Crippen molar-refractivity contribution >= 4 is 12.3 Å². The second-order valence-corrected chi connectivity index (χ2v) is 13.2. The highest BCUT2D eigenvalue weighted by Crippen LogP contribution is 2.69. The number of rotatable bonds is 5. The van der Waals surface area contributed by atoms with E-state index in [1.165, 1.54) is 0 Å². The Morgan fingerprint density at radius 2 is 1.82 bits per heavy atom. The van der Waals surface area contributed by atoms with Crippen LogP contribution in [0.1, 0.15) is 64.7 Å². The van der Waals surface area contributed by atoms with Gasteiger partial charge in [-0.15, -0.1) is 0 Å². The van der Waals surface area contributed by atoms with Gasteiger partial charge in [-0.1, -0.05) is 6.92 Å². The van der Waals surface area contributed by atoms with Crippen molar-refractivity contribution in [3.05, 3.63) is 11.6 Å². The molecule has 10 nitrogen and oxygen atoms in total. The Balaban J connectivity index is 1.18. The number of hydrogen-bond acceptors (Lipinski definition) is 10. The standard InChI is InChI=1S/C29H42O10/c1-27-7-5-19-20(29(27,36)9-6-18(27)15-10-22(32)37-13-15)3-2-16-11-17(4-8-28(16,19)14-31)38-26-25(35)24(34)23(33)21(12-30)39-26/h10,14,16-21,23-26,30,33-36H,2-9,11-13H2,1H3. The highest BCUT2D eigenvalue weighted by molar-refractivity contribution is 5.85. The van der Waals surface area contributed by atoms with E-state index in [4.69, 9.17) is 14.2 Å². The molecule has 39 heavy (non-hydrogen) atoms. The molecular weight excluding hydrogens is 508 g/mol. The number of aliphatic hydroxyl groups excluding tert-OH is 4. The Bertz CT molecular complexity index is 1010. The average molecular weight is 551 g/mol. The number of carbonyl (C=O) groups is 2. The van der Waals surface area contributed by atoms with Crippen LogP contribution in [0.25, 0.3) is 0 Å². The van der Waals surface area contributed by atoms with Crippen LogP contribution in [0.15, 0.2) is 11.6 Å². The van der Waals surface area contributed by atoms with E-state index in [0.29, 0.717) is 32.3 Å². The fraction of sp³-hybridized carbons (Fsp3) is 0.862. The van der Waals surface area contributed by atoms with Crippen LogP contribution in [0.3, 0.4) is 0 Å². The van der Waals surface area contributed by atoms with Crippen molar-refractivity contribution in [2.45, 2.75) is 107 Å². The van der Waals surface area contributed by atoms with Crippen molar-refractivity contribution in [3.63, 3.8) is 0 Å². The smallest absolute Gasteiger partial charge is 0.331 e. The van der Waals surface area contributed by atoms with Gasteiger partial charge in [0.05, 0.1) is 18.3 Å². The SMILES string of the molecule is CC12CCC3C(CCC4CC(OC5OC(CO)C(O)C(O)C5O)CCC43C=O)C1(O)CCC2C1=CC(=O)OC1. The van der Waals surface area contributed by atoms with E-state index in [-0.39, 0.29) is 41.2 Å². The number of carbonyl (C=O) groups excluding carboxylic acids is 2. The molecule has 2 aliphatic heterocycles. The molecule has 6 rings (SSSR count). The molecule has 2 heterocycles. The van der Waals surface area contributed by atoms with E-state index in [9.17, 15) is 35.1 Å². The van der Waals surface area contributed by atoms with Gasteiger partial charge in [0.15, 0.2) is 6.29 Å². The third kappa shape index (κ3) is 4.00. The zero-order chi connectivity index (χ0) is 27.7. The van der Waals surface area contributed by atoms with Gasteiger partial charge in [-0.25, -0.2) is 4.79 Å². The van der Waals surface area contributed by atoms with Crippen LogP contribution < -0.4 is 0 Å². The Labute approximate surface area is 228 Å². The Hall–Kier alpha value is -1.40. The van der Waals surface area contributed by atoms with Crippen molar-refractivity contribution in [2.24, 2.45) is 34.5 Å². The summed E-state index contributed by atoms with van der Waals surface area (Å²) in [6.45, 7) is 1.95. The normalized spacial score (nSPS) is 53.3. The molecule has 0 spiro atoms. The zero-order valence-corrected chi connectivity index (χ0v) is 22.5. The minimum atomic E-state index is -1.49. The van der Waals surface area contributed by atoms with E-state index in [2.05, 4.69) is 6.92 Å². The minimum Gasteiger partial charge on any atom is -0.458 e. The first-order valence-corrected chi connectivity index (χ1v) is 14.6. The minimum absolute atomic E-state index is 0.00392. The first-order chi connectivity index (χ1) is 18.6. The lowest BCUT2D eigenvalue weighted by Gasteiger charge is -2.63. The van der Waals surface area contributed by atoms with Gasteiger partial charge in [0.1, 0.15) is 37.3 Å². The average Bonchev–Trinajstić information content (AvgIpc) is 3.48. The van der Waals surface area contributed by atoms with Crippen LogP contribution >= 0.6 is 0 Å². The van der Waals surface area contributed by atoms with E-state index >= 15 is 0 Å². The maximum Gasteiger partial charge on any atom is 0.331 e.